The molecule has 1 fully saturated rings. The minimum atomic E-state index is -0.776. The maximum Gasteiger partial charge on any atom is 0.153 e. The van der Waals surface area contributed by atoms with Gasteiger partial charge in [0.05, 0.1) is 5.69 Å². The molecule has 0 aliphatic heterocycles. The third kappa shape index (κ3) is 3.08. The van der Waals surface area contributed by atoms with Crippen molar-refractivity contribution in [3.05, 3.63) is 35.2 Å². The molecule has 112 valence electrons. The largest absolute Gasteiger partial charge is 0.384 e. The van der Waals surface area contributed by atoms with E-state index in [0.717, 1.165) is 54.3 Å². The number of hydrogen-bond donors (Lipinski definition) is 3. The van der Waals surface area contributed by atoms with E-state index < -0.39 is 5.60 Å². The van der Waals surface area contributed by atoms with Crippen molar-refractivity contribution in [1.29, 1.82) is 0 Å². The van der Waals surface area contributed by atoms with Gasteiger partial charge in [-0.25, -0.2) is 4.98 Å². The lowest BCUT2D eigenvalue weighted by Gasteiger charge is -2.32. The summed E-state index contributed by atoms with van der Waals surface area (Å²) in [7, 11) is 0. The van der Waals surface area contributed by atoms with Gasteiger partial charge in [0.2, 0.25) is 0 Å². The number of hydrogen-bond acceptors (Lipinski definition) is 4. The number of pyridine rings is 1. The van der Waals surface area contributed by atoms with Gasteiger partial charge in [-0.1, -0.05) is 19.3 Å². The maximum atomic E-state index is 10.8. The third-order valence-electron chi connectivity index (χ3n) is 4.09. The molecule has 5 heteroatoms. The van der Waals surface area contributed by atoms with Crippen LogP contribution in [0.1, 0.15) is 49.1 Å². The van der Waals surface area contributed by atoms with Crippen LogP contribution < -0.4 is 5.32 Å². The van der Waals surface area contributed by atoms with Crippen molar-refractivity contribution < 1.29 is 5.11 Å². The molecule has 0 aromatic carbocycles. The minimum absolute atomic E-state index is 0.732. The van der Waals surface area contributed by atoms with Crippen LogP contribution >= 0.6 is 0 Å². The van der Waals surface area contributed by atoms with E-state index in [2.05, 4.69) is 20.5 Å². The Labute approximate surface area is 124 Å². The third-order valence-corrected chi connectivity index (χ3v) is 4.09. The van der Waals surface area contributed by atoms with Crippen molar-refractivity contribution in [3.8, 4) is 0 Å². The van der Waals surface area contributed by atoms with Gasteiger partial charge in [-0.15, -0.1) is 0 Å². The van der Waals surface area contributed by atoms with Crippen LogP contribution in [0.25, 0.3) is 0 Å². The van der Waals surface area contributed by atoms with Crippen LogP contribution in [-0.2, 0) is 5.60 Å². The summed E-state index contributed by atoms with van der Waals surface area (Å²) in [4.78, 5) is 4.62. The van der Waals surface area contributed by atoms with Crippen molar-refractivity contribution in [3.63, 3.8) is 0 Å². The maximum absolute atomic E-state index is 10.8. The summed E-state index contributed by atoms with van der Waals surface area (Å²) in [6, 6.07) is 5.89. The first-order valence-corrected chi connectivity index (χ1v) is 7.56. The molecule has 21 heavy (non-hydrogen) atoms. The minimum Gasteiger partial charge on any atom is -0.384 e. The highest BCUT2D eigenvalue weighted by Gasteiger charge is 2.32. The summed E-state index contributed by atoms with van der Waals surface area (Å²) in [6.45, 7) is 3.98. The molecule has 0 atom stereocenters. The van der Waals surface area contributed by atoms with Crippen molar-refractivity contribution in [1.82, 2.24) is 15.2 Å². The van der Waals surface area contributed by atoms with Gasteiger partial charge in [-0.2, -0.15) is 5.10 Å². The van der Waals surface area contributed by atoms with E-state index >= 15 is 0 Å². The number of aliphatic hydroxyl groups is 1. The first kappa shape index (κ1) is 14.1. The molecular weight excluding hydrogens is 264 g/mol. The molecule has 1 saturated carbocycles. The Balaban J connectivity index is 1.88. The van der Waals surface area contributed by atoms with E-state index in [9.17, 15) is 5.11 Å². The van der Waals surface area contributed by atoms with Crippen molar-refractivity contribution in [2.75, 3.05) is 5.32 Å². The summed E-state index contributed by atoms with van der Waals surface area (Å²) < 4.78 is 0. The number of aromatic nitrogens is 3. The lowest BCUT2D eigenvalue weighted by atomic mass is 9.82. The highest BCUT2D eigenvalue weighted by Crippen LogP contribution is 2.36. The Bertz CT molecular complexity index is 629. The number of aryl methyl sites for hydroxylation is 2. The van der Waals surface area contributed by atoms with Crippen LogP contribution in [0.5, 0.6) is 0 Å². The molecule has 3 rings (SSSR count). The van der Waals surface area contributed by atoms with Crippen LogP contribution in [0.4, 0.5) is 11.6 Å². The summed E-state index contributed by atoms with van der Waals surface area (Å²) in [5.74, 6) is 1.47. The quantitative estimate of drug-likeness (QED) is 0.809. The van der Waals surface area contributed by atoms with Crippen LogP contribution in [0.2, 0.25) is 0 Å². The number of anilines is 2. The Morgan fingerprint density at radius 1 is 1.10 bits per heavy atom. The van der Waals surface area contributed by atoms with E-state index in [1.807, 2.05) is 32.0 Å². The molecule has 0 radical (unpaired) electrons. The number of rotatable bonds is 3. The molecular formula is C16H22N4O. The molecule has 3 N–H and O–H groups in total. The van der Waals surface area contributed by atoms with Gasteiger partial charge in [0.1, 0.15) is 11.4 Å². The molecule has 1 aliphatic carbocycles. The second-order valence-electron chi connectivity index (χ2n) is 6.07. The summed E-state index contributed by atoms with van der Waals surface area (Å²) in [6.07, 6.45) is 4.92. The Morgan fingerprint density at radius 3 is 2.52 bits per heavy atom. The number of aromatic amines is 1. The molecule has 1 aliphatic rings. The fourth-order valence-corrected chi connectivity index (χ4v) is 2.98. The SMILES string of the molecule is Cc1cc(Nc2cc(C)[nH]n2)nc(C2(O)CCCCC2)c1. The van der Waals surface area contributed by atoms with Gasteiger partial charge in [-0.3, -0.25) is 5.10 Å². The van der Waals surface area contributed by atoms with E-state index in [0.29, 0.717) is 0 Å². The molecule has 2 aromatic heterocycles. The monoisotopic (exact) mass is 286 g/mol. The topological polar surface area (TPSA) is 73.8 Å². The van der Waals surface area contributed by atoms with Gasteiger partial charge in [0.25, 0.3) is 0 Å². The molecule has 5 nitrogen and oxygen atoms in total. The zero-order valence-electron chi connectivity index (χ0n) is 12.6. The Hall–Kier alpha value is -1.88. The molecule has 0 unspecified atom stereocenters. The molecule has 0 saturated heterocycles. The first-order chi connectivity index (χ1) is 10.0. The van der Waals surface area contributed by atoms with E-state index in [1.165, 1.54) is 6.42 Å². The van der Waals surface area contributed by atoms with Gasteiger partial charge >= 0.3 is 0 Å². The van der Waals surface area contributed by atoms with Crippen LogP contribution in [-0.4, -0.2) is 20.3 Å². The molecule has 0 spiro atoms. The zero-order valence-corrected chi connectivity index (χ0v) is 12.6. The van der Waals surface area contributed by atoms with E-state index in [-0.39, 0.29) is 0 Å². The lowest BCUT2D eigenvalue weighted by Crippen LogP contribution is -2.29. The van der Waals surface area contributed by atoms with Gasteiger partial charge in [0.15, 0.2) is 5.82 Å². The average Bonchev–Trinajstić information content (AvgIpc) is 2.84. The molecule has 2 aromatic rings. The fraction of sp³-hybridized carbons (Fsp3) is 0.500. The highest BCUT2D eigenvalue weighted by molar-refractivity contribution is 5.53. The van der Waals surface area contributed by atoms with E-state index in [1.54, 1.807) is 0 Å². The molecule has 2 heterocycles. The predicted molar refractivity (Wildman–Crippen MR) is 82.6 cm³/mol. The fourth-order valence-electron chi connectivity index (χ4n) is 2.98. The Morgan fingerprint density at radius 2 is 1.86 bits per heavy atom. The smallest absolute Gasteiger partial charge is 0.153 e. The van der Waals surface area contributed by atoms with Crippen molar-refractivity contribution in [2.24, 2.45) is 0 Å². The average molecular weight is 286 g/mol. The number of nitrogens with zero attached hydrogens (tertiary/aromatic N) is 2. The van der Waals surface area contributed by atoms with Crippen LogP contribution in [0.15, 0.2) is 18.2 Å². The number of nitrogens with one attached hydrogen (secondary N) is 2. The van der Waals surface area contributed by atoms with Crippen LogP contribution in [0, 0.1) is 13.8 Å². The van der Waals surface area contributed by atoms with E-state index in [4.69, 9.17) is 0 Å². The van der Waals surface area contributed by atoms with Crippen molar-refractivity contribution >= 4 is 11.6 Å². The second kappa shape index (κ2) is 5.48. The number of H-pyrrole nitrogens is 1. The molecule has 0 bridgehead atoms. The first-order valence-electron chi connectivity index (χ1n) is 7.56. The highest BCUT2D eigenvalue weighted by atomic mass is 16.3. The standard InChI is InChI=1S/C16H22N4O/c1-11-8-13(16(21)6-4-3-5-7-16)17-14(9-11)18-15-10-12(2)19-20-15/h8-10,21H,3-7H2,1-2H3,(H2,17,18,19,20). The molecule has 0 amide bonds. The lowest BCUT2D eigenvalue weighted by molar-refractivity contribution is -0.00456. The second-order valence-corrected chi connectivity index (χ2v) is 6.07. The summed E-state index contributed by atoms with van der Waals surface area (Å²) in [5.41, 5.74) is 2.09. The Kier molecular flexibility index (Phi) is 3.68. The van der Waals surface area contributed by atoms with Gasteiger partial charge in [-0.05, 0) is 44.4 Å². The van der Waals surface area contributed by atoms with Gasteiger partial charge in [0, 0.05) is 11.8 Å². The van der Waals surface area contributed by atoms with Gasteiger partial charge < -0.3 is 10.4 Å². The predicted octanol–water partition coefficient (Wildman–Crippen LogP) is 3.32. The van der Waals surface area contributed by atoms with Crippen LogP contribution in [0.3, 0.4) is 0 Å². The summed E-state index contributed by atoms with van der Waals surface area (Å²) >= 11 is 0. The zero-order chi connectivity index (χ0) is 14.9. The normalized spacial score (nSPS) is 17.7. The van der Waals surface area contributed by atoms with Crippen molar-refractivity contribution in [2.45, 2.75) is 51.6 Å². The summed E-state index contributed by atoms with van der Waals surface area (Å²) in [5, 5.41) is 21.1.